The second kappa shape index (κ2) is 2.82. The molecule has 0 saturated heterocycles. The molecule has 0 aromatic carbocycles. The Morgan fingerprint density at radius 2 is 2.08 bits per heavy atom. The molecule has 13 heavy (non-hydrogen) atoms. The molecule has 2 aromatic rings. The fourth-order valence-electron chi connectivity index (χ4n) is 1.18. The molecule has 0 spiro atoms. The zero-order valence-electron chi connectivity index (χ0n) is 6.75. The summed E-state index contributed by atoms with van der Waals surface area (Å²) in [6, 6.07) is 6.68. The van der Waals surface area contributed by atoms with Crippen LogP contribution in [-0.2, 0) is 0 Å². The molecule has 0 aliphatic rings. The summed E-state index contributed by atoms with van der Waals surface area (Å²) in [5.74, 6) is 0. The quantitative estimate of drug-likeness (QED) is 0.482. The van der Waals surface area contributed by atoms with Crippen molar-refractivity contribution in [1.29, 1.82) is 0 Å². The van der Waals surface area contributed by atoms with Crippen molar-refractivity contribution in [2.45, 2.75) is 0 Å². The van der Waals surface area contributed by atoms with Crippen LogP contribution < -0.4 is 4.73 Å². The highest BCUT2D eigenvalue weighted by Gasteiger charge is 2.06. The Kier molecular flexibility index (Phi) is 1.66. The van der Waals surface area contributed by atoms with Crippen LogP contribution in [-0.4, -0.2) is 4.73 Å². The molecular weight excluding hydrogens is 168 g/mol. The van der Waals surface area contributed by atoms with Gasteiger partial charge in [0.1, 0.15) is 0 Å². The maximum absolute atomic E-state index is 11.2. The van der Waals surface area contributed by atoms with E-state index < -0.39 is 0 Å². The summed E-state index contributed by atoms with van der Waals surface area (Å²) < 4.78 is 1.40. The average Bonchev–Trinajstić information content (AvgIpc) is 2.53. The Morgan fingerprint density at radius 3 is 2.69 bits per heavy atom. The highest BCUT2D eigenvalue weighted by Crippen LogP contribution is 2.14. The molecule has 0 N–H and O–H groups in total. The number of aromatic nitrogens is 2. The monoisotopic (exact) mass is 175 g/mol. The molecule has 2 aromatic heterocycles. The van der Waals surface area contributed by atoms with Crippen LogP contribution in [0.15, 0.2) is 42.9 Å². The van der Waals surface area contributed by atoms with Gasteiger partial charge in [-0.1, -0.05) is 0 Å². The Morgan fingerprint density at radius 1 is 1.23 bits per heavy atom. The molecule has 0 radical (unpaired) electrons. The lowest BCUT2D eigenvalue weighted by atomic mass is 10.2. The van der Waals surface area contributed by atoms with Gasteiger partial charge in [0, 0.05) is 18.3 Å². The van der Waals surface area contributed by atoms with Gasteiger partial charge in [-0.15, -0.1) is 0 Å². The van der Waals surface area contributed by atoms with E-state index in [0.29, 0.717) is 16.0 Å². The third kappa shape index (κ3) is 1.33. The maximum Gasteiger partial charge on any atom is 0.225 e. The molecule has 0 aliphatic carbocycles. The first-order valence-electron chi connectivity index (χ1n) is 3.81. The van der Waals surface area contributed by atoms with Crippen LogP contribution in [0.25, 0.3) is 11.3 Å². The number of pyridine rings is 1. The molecule has 0 aliphatic heterocycles. The van der Waals surface area contributed by atoms with Crippen molar-refractivity contribution in [1.82, 2.24) is 4.73 Å². The second-order valence-electron chi connectivity index (χ2n) is 2.67. The van der Waals surface area contributed by atoms with E-state index in [0.717, 1.165) is 4.73 Å². The molecule has 0 fully saturated rings. The van der Waals surface area contributed by atoms with Gasteiger partial charge in [-0.05, 0) is 18.3 Å². The molecule has 0 amide bonds. The summed E-state index contributed by atoms with van der Waals surface area (Å²) in [4.78, 5) is 0. The largest absolute Gasteiger partial charge is 0.806 e. The highest BCUT2D eigenvalue weighted by atomic mass is 16.5. The van der Waals surface area contributed by atoms with Crippen LogP contribution in [0.2, 0.25) is 0 Å². The minimum absolute atomic E-state index is 0.483. The highest BCUT2D eigenvalue weighted by molar-refractivity contribution is 5.54. The van der Waals surface area contributed by atoms with Gasteiger partial charge in [-0.3, -0.25) is 0 Å². The zero-order valence-corrected chi connectivity index (χ0v) is 6.75. The van der Waals surface area contributed by atoms with Gasteiger partial charge in [0.2, 0.25) is 5.69 Å². The summed E-state index contributed by atoms with van der Waals surface area (Å²) >= 11 is 0. The van der Waals surface area contributed by atoms with Gasteiger partial charge in [0.05, 0.1) is 5.56 Å². The lowest BCUT2D eigenvalue weighted by molar-refractivity contribution is -0.593. The van der Waals surface area contributed by atoms with Gasteiger partial charge in [0.25, 0.3) is 0 Å². The Hall–Kier alpha value is -1.97. The third-order valence-corrected chi connectivity index (χ3v) is 1.79. The summed E-state index contributed by atoms with van der Waals surface area (Å²) in [6.07, 6.45) is 4.13. The fourth-order valence-corrected chi connectivity index (χ4v) is 1.18. The van der Waals surface area contributed by atoms with E-state index in [4.69, 9.17) is 0 Å². The van der Waals surface area contributed by atoms with Crippen molar-refractivity contribution in [3.63, 3.8) is 0 Å². The van der Waals surface area contributed by atoms with Crippen LogP contribution in [0.5, 0.6) is 0 Å². The summed E-state index contributed by atoms with van der Waals surface area (Å²) in [5.41, 5.74) is 1.11. The summed E-state index contributed by atoms with van der Waals surface area (Å²) in [6.45, 7) is 0. The molecule has 4 heteroatoms. The van der Waals surface area contributed by atoms with Crippen molar-refractivity contribution >= 4 is 0 Å². The van der Waals surface area contributed by atoms with Crippen LogP contribution in [0.3, 0.4) is 0 Å². The van der Waals surface area contributed by atoms with Crippen LogP contribution in [0.4, 0.5) is 0 Å². The van der Waals surface area contributed by atoms with Crippen molar-refractivity contribution in [3.8, 4) is 11.3 Å². The SMILES string of the molecule is [O-]n1ccc(-c2cccc[n+]2[O-])c1. The maximum atomic E-state index is 11.2. The number of nitrogens with zero attached hydrogens (tertiary/aromatic N) is 2. The molecule has 0 atom stereocenters. The Labute approximate surface area is 74.8 Å². The van der Waals surface area contributed by atoms with E-state index in [1.807, 2.05) is 0 Å². The van der Waals surface area contributed by atoms with Crippen LogP contribution >= 0.6 is 0 Å². The molecule has 2 rings (SSSR count). The fraction of sp³-hybridized carbons (Fsp3) is 0. The lowest BCUT2D eigenvalue weighted by Crippen LogP contribution is -2.27. The van der Waals surface area contributed by atoms with Gasteiger partial charge in [-0.25, -0.2) is 0 Å². The summed E-state index contributed by atoms with van der Waals surface area (Å²) in [5, 5.41) is 22.0. The van der Waals surface area contributed by atoms with Crippen LogP contribution in [0.1, 0.15) is 0 Å². The molecule has 4 nitrogen and oxygen atoms in total. The second-order valence-corrected chi connectivity index (χ2v) is 2.67. The first-order valence-corrected chi connectivity index (χ1v) is 3.81. The topological polar surface area (TPSA) is 54.9 Å². The predicted molar refractivity (Wildman–Crippen MR) is 47.6 cm³/mol. The van der Waals surface area contributed by atoms with E-state index in [-0.39, 0.29) is 0 Å². The minimum Gasteiger partial charge on any atom is -0.806 e. The van der Waals surface area contributed by atoms with Crippen molar-refractivity contribution in [2.24, 2.45) is 0 Å². The zero-order chi connectivity index (χ0) is 9.26. The summed E-state index contributed by atoms with van der Waals surface area (Å²) in [7, 11) is 0. The van der Waals surface area contributed by atoms with Crippen LogP contribution in [0, 0.1) is 10.4 Å². The van der Waals surface area contributed by atoms with Crippen molar-refractivity contribution in [2.75, 3.05) is 0 Å². The Bertz CT molecular complexity index is 423. The van der Waals surface area contributed by atoms with Crippen molar-refractivity contribution < 1.29 is 4.73 Å². The standard InChI is InChI=1S/C9H7N2O2/c12-10-6-4-8(7-10)9-3-1-2-5-11(9)13/h1-7H/q-1. The lowest BCUT2D eigenvalue weighted by Gasteiger charge is -2.03. The van der Waals surface area contributed by atoms with E-state index in [1.54, 1.807) is 24.3 Å². The van der Waals surface area contributed by atoms with Gasteiger partial charge >= 0.3 is 0 Å². The number of rotatable bonds is 1. The van der Waals surface area contributed by atoms with E-state index >= 15 is 0 Å². The number of hydrogen-bond donors (Lipinski definition) is 0. The van der Waals surface area contributed by atoms with Crippen molar-refractivity contribution in [3.05, 3.63) is 53.3 Å². The van der Waals surface area contributed by atoms with E-state index in [1.165, 1.54) is 18.6 Å². The predicted octanol–water partition coefficient (Wildman–Crippen LogP) is 1.13. The third-order valence-electron chi connectivity index (χ3n) is 1.79. The van der Waals surface area contributed by atoms with E-state index in [9.17, 15) is 10.4 Å². The molecule has 66 valence electrons. The normalized spacial score (nSPS) is 10.2. The molecule has 0 saturated carbocycles. The van der Waals surface area contributed by atoms with Gasteiger partial charge < -0.3 is 15.1 Å². The average molecular weight is 175 g/mol. The van der Waals surface area contributed by atoms with E-state index in [2.05, 4.69) is 0 Å². The Balaban J connectivity index is 2.52. The van der Waals surface area contributed by atoms with Gasteiger partial charge in [0.15, 0.2) is 6.20 Å². The molecule has 0 bridgehead atoms. The first-order chi connectivity index (χ1) is 6.27. The smallest absolute Gasteiger partial charge is 0.225 e. The molecule has 2 heterocycles. The minimum atomic E-state index is 0.483. The molecular formula is C9H7N2O2-. The molecule has 0 unspecified atom stereocenters. The first kappa shape index (κ1) is 7.67. The number of hydrogen-bond acceptors (Lipinski definition) is 2. The van der Waals surface area contributed by atoms with Gasteiger partial charge in [-0.2, -0.15) is 4.73 Å².